The molecule has 0 fully saturated rings. The van der Waals surface area contributed by atoms with E-state index in [9.17, 15) is 0 Å². The summed E-state index contributed by atoms with van der Waals surface area (Å²) in [5.41, 5.74) is 0. The Morgan fingerprint density at radius 1 is 0.875 bits per heavy atom. The van der Waals surface area contributed by atoms with E-state index in [-0.39, 0.29) is 70.1 Å². The average Bonchev–Trinajstić information content (AvgIpc) is 2.28. The van der Waals surface area contributed by atoms with Crippen LogP contribution < -0.4 is 29.6 Å². The molecule has 0 rings (SSSR count). The zero-order valence-electron chi connectivity index (χ0n) is 16.8. The predicted octanol–water partition coefficient (Wildman–Crippen LogP) is 0.00819. The van der Waals surface area contributed by atoms with E-state index in [0.29, 0.717) is 0 Å². The maximum absolute atomic E-state index is 8.88. The van der Waals surface area contributed by atoms with Gasteiger partial charge >= 0.3 is 85.5 Å². The summed E-state index contributed by atoms with van der Waals surface area (Å²) < 4.78 is 40.5. The second kappa shape index (κ2) is 25.2. The molecule has 5 N–H and O–H groups in total. The molecule has 0 bridgehead atoms. The van der Waals surface area contributed by atoms with E-state index in [1.54, 1.807) is 0 Å². The molecule has 0 aromatic carbocycles. The van der Waals surface area contributed by atoms with Crippen molar-refractivity contribution in [1.29, 1.82) is 0 Å². The minimum Gasteiger partial charge on any atom is -1.00 e. The largest absolute Gasteiger partial charge is 2.00 e. The Balaban J connectivity index is -0.0000000443. The molecule has 0 aliphatic carbocycles. The van der Waals surface area contributed by atoms with Crippen LogP contribution >= 0.6 is 7.82 Å². The van der Waals surface area contributed by atoms with Crippen molar-refractivity contribution in [3.63, 3.8) is 0 Å². The van der Waals surface area contributed by atoms with Crippen molar-refractivity contribution in [2.75, 3.05) is 0 Å². The molecule has 0 radical (unpaired) electrons. The van der Waals surface area contributed by atoms with E-state index >= 15 is 0 Å². The van der Waals surface area contributed by atoms with Crippen molar-refractivity contribution in [3.8, 4) is 0 Å². The van der Waals surface area contributed by atoms with E-state index in [0.717, 1.165) is 6.42 Å². The first-order chi connectivity index (χ1) is 9.91. The quantitative estimate of drug-likeness (QED) is 0.113. The van der Waals surface area contributed by atoms with Crippen LogP contribution in [0.4, 0.5) is 0 Å². The fourth-order valence-electron chi connectivity index (χ4n) is 1.49. The third kappa shape index (κ3) is 104. The molecule has 24 heavy (non-hydrogen) atoms. The molecule has 0 aromatic rings. The van der Waals surface area contributed by atoms with Crippen LogP contribution in [0.2, 0.25) is 0 Å². The first kappa shape index (κ1) is 37.1. The van der Waals surface area contributed by atoms with Crippen molar-refractivity contribution >= 4 is 56.0 Å². The van der Waals surface area contributed by atoms with Crippen LogP contribution in [0, 0.1) is 6.92 Å². The van der Waals surface area contributed by atoms with E-state index in [4.69, 9.17) is 36.8 Å². The van der Waals surface area contributed by atoms with Gasteiger partial charge in [-0.3, -0.25) is 9.11 Å². The van der Waals surface area contributed by atoms with Crippen LogP contribution in [0.3, 0.4) is 0 Å². The first-order valence-electron chi connectivity index (χ1n) is 7.19. The van der Waals surface area contributed by atoms with E-state index < -0.39 is 18.2 Å². The fraction of sp³-hybridized carbons (Fsp3) is 0.917. The molecule has 142 valence electrons. The van der Waals surface area contributed by atoms with Crippen LogP contribution in [0.1, 0.15) is 74.0 Å². The van der Waals surface area contributed by atoms with Gasteiger partial charge in [-0.2, -0.15) is 14.8 Å². The fourth-order valence-corrected chi connectivity index (χ4v) is 1.49. The van der Waals surface area contributed by atoms with Crippen LogP contribution in [-0.4, -0.2) is 69.9 Å². The zero-order valence-corrected chi connectivity index (χ0v) is 20.7. The van der Waals surface area contributed by atoms with Gasteiger partial charge in [0.25, 0.3) is 0 Å². The molecule has 12 heteroatoms. The van der Waals surface area contributed by atoms with Gasteiger partial charge in [0.15, 0.2) is 0 Å². The van der Waals surface area contributed by atoms with Gasteiger partial charge in [0.1, 0.15) is 0 Å². The Bertz CT molecular complexity index is 348. The molecule has 0 amide bonds. The minimum atomic E-state index is -4.67. The maximum Gasteiger partial charge on any atom is 2.00 e. The van der Waals surface area contributed by atoms with Crippen LogP contribution in [0.15, 0.2) is 0 Å². The second-order valence-electron chi connectivity index (χ2n) is 4.64. The normalized spacial score (nSPS) is 10.1. The van der Waals surface area contributed by atoms with Gasteiger partial charge in [-0.25, -0.2) is 4.57 Å². The summed E-state index contributed by atoms with van der Waals surface area (Å²) in [6.45, 7) is 6.12. The molecule has 0 spiro atoms. The topological polar surface area (TPSA) is 152 Å². The Morgan fingerprint density at radius 2 is 1.08 bits per heavy atom. The van der Waals surface area contributed by atoms with Crippen LogP contribution in [0.5, 0.6) is 0 Å². The maximum atomic E-state index is 8.88. The molecule has 0 atom stereocenters. The van der Waals surface area contributed by atoms with Crippen LogP contribution in [0.25, 0.3) is 0 Å². The minimum absolute atomic E-state index is 0. The molecule has 0 aliphatic heterocycles. The third-order valence-electron chi connectivity index (χ3n) is 2.35. The Kier molecular flexibility index (Phi) is 39.0. The molecule has 0 saturated carbocycles. The summed E-state index contributed by atoms with van der Waals surface area (Å²) in [6.07, 6.45) is 13.9. The smallest absolute Gasteiger partial charge is 1.00 e. The van der Waals surface area contributed by atoms with Crippen molar-refractivity contribution in [2.24, 2.45) is 0 Å². The van der Waals surface area contributed by atoms with Gasteiger partial charge in [-0.05, 0) is 0 Å². The third-order valence-corrected chi connectivity index (χ3v) is 2.35. The second-order valence-corrected chi connectivity index (χ2v) is 6.57. The molecule has 0 heterocycles. The van der Waals surface area contributed by atoms with Gasteiger partial charge in [-0.1, -0.05) is 64.7 Å². The summed E-state index contributed by atoms with van der Waals surface area (Å²) in [7, 11) is -9.31. The summed E-state index contributed by atoms with van der Waals surface area (Å²) in [5.74, 6) is 0. The SMILES string of the molecule is O=P(O)(O)O.O=S(=O)(O)O.[CH2-]CCCCCCCCCCC.[Ca+2].[H-].[H-].[Na+]. The van der Waals surface area contributed by atoms with Crippen molar-refractivity contribution in [2.45, 2.75) is 71.1 Å². The van der Waals surface area contributed by atoms with E-state index in [1.165, 1.54) is 57.8 Å². The standard InChI is InChI=1S/C12H25.Ca.Na.H3O4P.H2O4S.2H/c1-3-5-7-9-11-12-10-8-6-4-2;;;2*1-5(2,3)4;;/h1,3-12H2,2H3;;;(H3,1,2,3,4);(H2,1,2,3,4);;/q-1;+2;+1;;;2*-1. The van der Waals surface area contributed by atoms with Crippen LogP contribution in [-0.2, 0) is 15.0 Å². The molecule has 8 nitrogen and oxygen atoms in total. The summed E-state index contributed by atoms with van der Waals surface area (Å²) in [4.78, 5) is 21.6. The van der Waals surface area contributed by atoms with Gasteiger partial charge in [0.2, 0.25) is 0 Å². The molecule has 0 saturated heterocycles. The number of phosphoric acid groups is 1. The van der Waals surface area contributed by atoms with Gasteiger partial charge in [0.05, 0.1) is 0 Å². The molecular weight excluding hydrogens is 398 g/mol. The Hall–Kier alpha value is 2.24. The zero-order chi connectivity index (χ0) is 18.1. The first-order valence-corrected chi connectivity index (χ1v) is 10.2. The van der Waals surface area contributed by atoms with Crippen molar-refractivity contribution in [3.05, 3.63) is 6.92 Å². The van der Waals surface area contributed by atoms with E-state index in [2.05, 4.69) is 13.8 Å². The van der Waals surface area contributed by atoms with Crippen molar-refractivity contribution < 1.29 is 69.2 Å². The van der Waals surface area contributed by atoms with Gasteiger partial charge in [0, 0.05) is 0 Å². The Morgan fingerprint density at radius 3 is 1.29 bits per heavy atom. The average molecular weight is 430 g/mol. The number of unbranched alkanes of at least 4 members (excludes halogenated alkanes) is 9. The summed E-state index contributed by atoms with van der Waals surface area (Å²) in [5, 5.41) is 0. The van der Waals surface area contributed by atoms with Crippen molar-refractivity contribution in [1.82, 2.24) is 0 Å². The van der Waals surface area contributed by atoms with Gasteiger partial charge in [-0.15, -0.1) is 0 Å². The number of rotatable bonds is 9. The predicted molar refractivity (Wildman–Crippen MR) is 93.6 cm³/mol. The number of hydrogen-bond acceptors (Lipinski definition) is 3. The van der Waals surface area contributed by atoms with Gasteiger partial charge < -0.3 is 24.5 Å². The summed E-state index contributed by atoms with van der Waals surface area (Å²) in [6, 6.07) is 0. The Labute approximate surface area is 201 Å². The number of hydrogen-bond donors (Lipinski definition) is 5. The molecular formula is C12H32CaNaO8PS. The summed E-state index contributed by atoms with van der Waals surface area (Å²) >= 11 is 0. The molecule has 0 unspecified atom stereocenters. The molecule has 0 aliphatic rings. The van der Waals surface area contributed by atoms with E-state index in [1.807, 2.05) is 0 Å². The molecule has 0 aromatic heterocycles. The monoisotopic (exact) mass is 430 g/mol.